The first kappa shape index (κ1) is 20.5. The molecule has 1 unspecified atom stereocenters. The minimum absolute atomic E-state index is 0.187. The first-order chi connectivity index (χ1) is 15.4. The van der Waals surface area contributed by atoms with Crippen LogP contribution >= 0.6 is 0 Å². The quantitative estimate of drug-likeness (QED) is 0.467. The van der Waals surface area contributed by atoms with Crippen LogP contribution in [-0.4, -0.2) is 20.8 Å². The van der Waals surface area contributed by atoms with Gasteiger partial charge in [-0.15, -0.1) is 0 Å². The topological polar surface area (TPSA) is 73.0 Å². The summed E-state index contributed by atoms with van der Waals surface area (Å²) >= 11 is 0. The summed E-state index contributed by atoms with van der Waals surface area (Å²) in [6, 6.07) is 14.7. The lowest BCUT2D eigenvalue weighted by molar-refractivity contribution is 0.101. The highest BCUT2D eigenvalue weighted by Crippen LogP contribution is 2.38. The molecule has 2 aromatic heterocycles. The van der Waals surface area contributed by atoms with Gasteiger partial charge in [-0.25, -0.2) is 0 Å². The SMILES string of the molecule is CC(C)(C)C1CCc2onc(C(=O)Nc3cnn(Cc4ccc5ccccc5c4)c3)c2C1. The Balaban J connectivity index is 1.29. The number of rotatable bonds is 4. The third-order valence-corrected chi connectivity index (χ3v) is 6.53. The summed E-state index contributed by atoms with van der Waals surface area (Å²) < 4.78 is 7.32. The predicted octanol–water partition coefficient (Wildman–Crippen LogP) is 5.48. The second kappa shape index (κ2) is 7.93. The third kappa shape index (κ3) is 4.05. The zero-order chi connectivity index (χ0) is 22.3. The molecule has 0 radical (unpaired) electrons. The molecule has 5 rings (SSSR count). The highest BCUT2D eigenvalue weighted by Gasteiger charge is 2.34. The van der Waals surface area contributed by atoms with E-state index in [-0.39, 0.29) is 11.3 Å². The monoisotopic (exact) mass is 428 g/mol. The Bertz CT molecular complexity index is 1280. The Kier molecular flexibility index (Phi) is 5.08. The van der Waals surface area contributed by atoms with Gasteiger partial charge in [0.1, 0.15) is 5.76 Å². The number of carbonyl (C=O) groups excluding carboxylic acids is 1. The summed E-state index contributed by atoms with van der Waals surface area (Å²) in [5.41, 5.74) is 3.35. The molecule has 6 nitrogen and oxygen atoms in total. The van der Waals surface area contributed by atoms with Crippen LogP contribution in [0.3, 0.4) is 0 Å². The van der Waals surface area contributed by atoms with Crippen molar-refractivity contribution < 1.29 is 9.32 Å². The van der Waals surface area contributed by atoms with Crippen molar-refractivity contribution in [3.63, 3.8) is 0 Å². The van der Waals surface area contributed by atoms with Crippen LogP contribution in [0.2, 0.25) is 0 Å². The van der Waals surface area contributed by atoms with Crippen LogP contribution in [-0.2, 0) is 19.4 Å². The van der Waals surface area contributed by atoms with Crippen LogP contribution in [0.25, 0.3) is 10.8 Å². The first-order valence-electron chi connectivity index (χ1n) is 11.2. The molecule has 1 atom stereocenters. The molecular formula is C26H28N4O2. The fourth-order valence-corrected chi connectivity index (χ4v) is 4.55. The van der Waals surface area contributed by atoms with Crippen LogP contribution in [0.15, 0.2) is 59.4 Å². The standard InChI is InChI=1S/C26H28N4O2/c1-26(2,3)20-10-11-23-22(13-20)24(29-32-23)25(31)28-21-14-27-30(16-21)15-17-8-9-18-6-4-5-7-19(18)12-17/h4-9,12,14,16,20H,10-11,13,15H2,1-3H3,(H,28,31). The van der Waals surface area contributed by atoms with E-state index < -0.39 is 0 Å². The van der Waals surface area contributed by atoms with E-state index in [1.807, 2.05) is 23.0 Å². The molecule has 0 bridgehead atoms. The van der Waals surface area contributed by atoms with Gasteiger partial charge in [-0.1, -0.05) is 62.3 Å². The fourth-order valence-electron chi connectivity index (χ4n) is 4.55. The van der Waals surface area contributed by atoms with Crippen molar-refractivity contribution >= 4 is 22.4 Å². The summed E-state index contributed by atoms with van der Waals surface area (Å²) in [6.07, 6.45) is 6.24. The average Bonchev–Trinajstić information content (AvgIpc) is 3.39. The van der Waals surface area contributed by atoms with Gasteiger partial charge in [0.2, 0.25) is 0 Å². The zero-order valence-corrected chi connectivity index (χ0v) is 18.8. The van der Waals surface area contributed by atoms with E-state index in [0.29, 0.717) is 23.8 Å². The fraction of sp³-hybridized carbons (Fsp3) is 0.346. The van der Waals surface area contributed by atoms with E-state index in [9.17, 15) is 4.79 Å². The van der Waals surface area contributed by atoms with Gasteiger partial charge in [-0.05, 0) is 46.6 Å². The second-order valence-corrected chi connectivity index (χ2v) is 9.80. The number of hydrogen-bond donors (Lipinski definition) is 1. The number of nitrogens with one attached hydrogen (secondary N) is 1. The summed E-state index contributed by atoms with van der Waals surface area (Å²) in [5, 5.41) is 13.9. The summed E-state index contributed by atoms with van der Waals surface area (Å²) in [4.78, 5) is 12.9. The number of nitrogens with zero attached hydrogens (tertiary/aromatic N) is 3. The first-order valence-corrected chi connectivity index (χ1v) is 11.2. The van der Waals surface area contributed by atoms with Gasteiger partial charge >= 0.3 is 0 Å². The van der Waals surface area contributed by atoms with Gasteiger partial charge in [-0.3, -0.25) is 9.48 Å². The molecule has 4 aromatic rings. The maximum atomic E-state index is 12.9. The Morgan fingerprint density at radius 3 is 2.81 bits per heavy atom. The lowest BCUT2D eigenvalue weighted by atomic mass is 9.71. The Morgan fingerprint density at radius 2 is 2.00 bits per heavy atom. The molecule has 0 saturated heterocycles. The van der Waals surface area contributed by atoms with Crippen molar-refractivity contribution in [2.24, 2.45) is 11.3 Å². The van der Waals surface area contributed by atoms with Crippen LogP contribution in [0.4, 0.5) is 5.69 Å². The van der Waals surface area contributed by atoms with E-state index in [2.05, 4.69) is 66.7 Å². The molecule has 1 aliphatic carbocycles. The summed E-state index contributed by atoms with van der Waals surface area (Å²) in [5.74, 6) is 1.11. The average molecular weight is 429 g/mol. The van der Waals surface area contributed by atoms with Crippen LogP contribution < -0.4 is 5.32 Å². The van der Waals surface area contributed by atoms with E-state index in [1.165, 1.54) is 10.8 Å². The molecule has 1 aliphatic rings. The molecule has 2 heterocycles. The molecule has 0 aliphatic heterocycles. The number of hydrogen-bond acceptors (Lipinski definition) is 4. The summed E-state index contributed by atoms with van der Waals surface area (Å²) in [6.45, 7) is 7.38. The van der Waals surface area contributed by atoms with Crippen molar-refractivity contribution in [2.75, 3.05) is 5.32 Å². The molecule has 0 saturated carbocycles. The maximum Gasteiger partial charge on any atom is 0.278 e. The number of benzene rings is 2. The van der Waals surface area contributed by atoms with Gasteiger partial charge in [0.25, 0.3) is 5.91 Å². The molecule has 1 N–H and O–H groups in total. The van der Waals surface area contributed by atoms with Crippen molar-refractivity contribution in [2.45, 2.75) is 46.6 Å². The highest BCUT2D eigenvalue weighted by atomic mass is 16.5. The number of aromatic nitrogens is 3. The molecule has 164 valence electrons. The minimum atomic E-state index is -0.241. The Labute approximate surface area is 187 Å². The molecule has 0 spiro atoms. The van der Waals surface area contributed by atoms with Crippen LogP contribution in [0, 0.1) is 11.3 Å². The third-order valence-electron chi connectivity index (χ3n) is 6.53. The smallest absolute Gasteiger partial charge is 0.278 e. The molecule has 2 aromatic carbocycles. The number of anilines is 1. The van der Waals surface area contributed by atoms with E-state index in [1.54, 1.807) is 6.20 Å². The predicted molar refractivity (Wildman–Crippen MR) is 125 cm³/mol. The second-order valence-electron chi connectivity index (χ2n) is 9.80. The lowest BCUT2D eigenvalue weighted by Crippen LogP contribution is -2.27. The Hall–Kier alpha value is -3.41. The van der Waals surface area contributed by atoms with Gasteiger partial charge in [-0.2, -0.15) is 5.10 Å². The number of fused-ring (bicyclic) bond motifs is 2. The van der Waals surface area contributed by atoms with Crippen LogP contribution in [0.1, 0.15) is 54.6 Å². The van der Waals surface area contributed by atoms with Gasteiger partial charge < -0.3 is 9.84 Å². The molecule has 32 heavy (non-hydrogen) atoms. The lowest BCUT2D eigenvalue weighted by Gasteiger charge is -2.33. The van der Waals surface area contributed by atoms with Gasteiger partial charge in [0.05, 0.1) is 18.4 Å². The Morgan fingerprint density at radius 1 is 1.19 bits per heavy atom. The number of aryl methyl sites for hydroxylation is 1. The highest BCUT2D eigenvalue weighted by molar-refractivity contribution is 6.03. The van der Waals surface area contributed by atoms with Crippen LogP contribution in [0.5, 0.6) is 0 Å². The van der Waals surface area contributed by atoms with Crippen molar-refractivity contribution in [1.29, 1.82) is 0 Å². The van der Waals surface area contributed by atoms with Crippen molar-refractivity contribution in [1.82, 2.24) is 14.9 Å². The van der Waals surface area contributed by atoms with Gasteiger partial charge in [0, 0.05) is 18.2 Å². The molecule has 1 amide bonds. The molecule has 6 heteroatoms. The van der Waals surface area contributed by atoms with E-state index >= 15 is 0 Å². The number of carbonyl (C=O) groups is 1. The molecular weight excluding hydrogens is 400 g/mol. The largest absolute Gasteiger partial charge is 0.360 e. The minimum Gasteiger partial charge on any atom is -0.360 e. The van der Waals surface area contributed by atoms with Gasteiger partial charge in [0.15, 0.2) is 5.69 Å². The normalized spacial score (nSPS) is 16.2. The van der Waals surface area contributed by atoms with Crippen molar-refractivity contribution in [3.8, 4) is 0 Å². The molecule has 0 fully saturated rings. The van der Waals surface area contributed by atoms with E-state index in [4.69, 9.17) is 4.52 Å². The maximum absolute atomic E-state index is 12.9. The number of amides is 1. The summed E-state index contributed by atoms with van der Waals surface area (Å²) in [7, 11) is 0. The van der Waals surface area contributed by atoms with E-state index in [0.717, 1.165) is 36.1 Å². The zero-order valence-electron chi connectivity index (χ0n) is 18.8. The van der Waals surface area contributed by atoms with Crippen molar-refractivity contribution in [3.05, 3.63) is 77.4 Å².